The van der Waals surface area contributed by atoms with E-state index in [0.717, 1.165) is 18.4 Å². The van der Waals surface area contributed by atoms with Gasteiger partial charge in [-0.1, -0.05) is 19.3 Å². The van der Waals surface area contributed by atoms with E-state index >= 15 is 0 Å². The summed E-state index contributed by atoms with van der Waals surface area (Å²) in [7, 11) is 0. The van der Waals surface area contributed by atoms with Gasteiger partial charge in [-0.3, -0.25) is 0 Å². The van der Waals surface area contributed by atoms with E-state index in [-0.39, 0.29) is 0 Å². The molecule has 0 aromatic carbocycles. The third-order valence-electron chi connectivity index (χ3n) is 3.94. The topological polar surface area (TPSA) is 29.3 Å². The summed E-state index contributed by atoms with van der Waals surface area (Å²) < 4.78 is 0. The molecular formula is C12H24N2. The lowest BCUT2D eigenvalue weighted by Gasteiger charge is -2.26. The van der Waals surface area contributed by atoms with Crippen molar-refractivity contribution in [2.24, 2.45) is 17.6 Å². The van der Waals surface area contributed by atoms with Crippen LogP contribution in [0, 0.1) is 11.8 Å². The Morgan fingerprint density at radius 3 is 2.43 bits per heavy atom. The first-order valence-electron chi connectivity index (χ1n) is 6.31. The molecule has 0 aromatic rings. The van der Waals surface area contributed by atoms with E-state index < -0.39 is 0 Å². The summed E-state index contributed by atoms with van der Waals surface area (Å²) in [5.41, 5.74) is 5.70. The lowest BCUT2D eigenvalue weighted by Crippen LogP contribution is -2.29. The number of rotatable bonds is 3. The van der Waals surface area contributed by atoms with Gasteiger partial charge in [0.15, 0.2) is 0 Å². The number of nitrogens with zero attached hydrogens (tertiary/aromatic N) is 1. The summed E-state index contributed by atoms with van der Waals surface area (Å²) >= 11 is 0. The standard InChI is InChI=1S/C12H24N2/c13-8-12-6-7-14(10-12)9-11-4-2-1-3-5-11/h11-12H,1-10,13H2. The Bertz CT molecular complexity index is 164. The van der Waals surface area contributed by atoms with Gasteiger partial charge in [-0.25, -0.2) is 0 Å². The zero-order valence-electron chi connectivity index (χ0n) is 9.25. The predicted molar refractivity (Wildman–Crippen MR) is 60.2 cm³/mol. The minimum Gasteiger partial charge on any atom is -0.330 e. The molecule has 1 saturated carbocycles. The van der Waals surface area contributed by atoms with E-state index in [2.05, 4.69) is 4.90 Å². The van der Waals surface area contributed by atoms with Gasteiger partial charge in [-0.15, -0.1) is 0 Å². The first-order valence-corrected chi connectivity index (χ1v) is 6.31. The maximum Gasteiger partial charge on any atom is 0.00223 e. The van der Waals surface area contributed by atoms with Crippen LogP contribution in [0.5, 0.6) is 0 Å². The van der Waals surface area contributed by atoms with Crippen LogP contribution in [0.4, 0.5) is 0 Å². The van der Waals surface area contributed by atoms with Crippen molar-refractivity contribution in [2.75, 3.05) is 26.2 Å². The second-order valence-corrected chi connectivity index (χ2v) is 5.15. The average molecular weight is 196 g/mol. The van der Waals surface area contributed by atoms with Crippen molar-refractivity contribution in [3.8, 4) is 0 Å². The fourth-order valence-corrected chi connectivity index (χ4v) is 3.01. The van der Waals surface area contributed by atoms with Crippen LogP contribution in [-0.2, 0) is 0 Å². The van der Waals surface area contributed by atoms with Gasteiger partial charge >= 0.3 is 0 Å². The number of nitrogens with two attached hydrogens (primary N) is 1. The van der Waals surface area contributed by atoms with Crippen molar-refractivity contribution in [3.63, 3.8) is 0 Å². The maximum absolute atomic E-state index is 5.70. The van der Waals surface area contributed by atoms with Crippen molar-refractivity contribution in [1.82, 2.24) is 4.90 Å². The molecule has 82 valence electrons. The van der Waals surface area contributed by atoms with Crippen LogP contribution in [0.25, 0.3) is 0 Å². The van der Waals surface area contributed by atoms with Gasteiger partial charge in [0.05, 0.1) is 0 Å². The zero-order valence-corrected chi connectivity index (χ0v) is 9.25. The first kappa shape index (κ1) is 10.4. The van der Waals surface area contributed by atoms with E-state index in [0.29, 0.717) is 0 Å². The largest absolute Gasteiger partial charge is 0.330 e. The molecule has 1 atom stereocenters. The third-order valence-corrected chi connectivity index (χ3v) is 3.94. The summed E-state index contributed by atoms with van der Waals surface area (Å²) in [6.07, 6.45) is 8.70. The van der Waals surface area contributed by atoms with E-state index in [1.165, 1.54) is 58.2 Å². The Kier molecular flexibility index (Phi) is 3.82. The second kappa shape index (κ2) is 5.13. The SMILES string of the molecule is NCC1CCN(CC2CCCCC2)C1. The highest BCUT2D eigenvalue weighted by Gasteiger charge is 2.24. The molecule has 1 unspecified atom stereocenters. The molecule has 1 aliphatic carbocycles. The van der Waals surface area contributed by atoms with Gasteiger partial charge in [0.2, 0.25) is 0 Å². The second-order valence-electron chi connectivity index (χ2n) is 5.15. The van der Waals surface area contributed by atoms with Gasteiger partial charge in [0.25, 0.3) is 0 Å². The molecule has 2 rings (SSSR count). The molecule has 2 aliphatic rings. The summed E-state index contributed by atoms with van der Waals surface area (Å²) in [6.45, 7) is 4.82. The normalized spacial score (nSPS) is 31.1. The monoisotopic (exact) mass is 196 g/mol. The molecule has 2 nitrogen and oxygen atoms in total. The van der Waals surface area contributed by atoms with Gasteiger partial charge in [0, 0.05) is 13.1 Å². The molecule has 2 heteroatoms. The van der Waals surface area contributed by atoms with Gasteiger partial charge in [0.1, 0.15) is 0 Å². The first-order chi connectivity index (χ1) is 6.88. The van der Waals surface area contributed by atoms with E-state index in [1.807, 2.05) is 0 Å². The lowest BCUT2D eigenvalue weighted by atomic mass is 9.89. The molecule has 0 aromatic heterocycles. The van der Waals surface area contributed by atoms with Crippen molar-refractivity contribution in [2.45, 2.75) is 38.5 Å². The fourth-order valence-electron chi connectivity index (χ4n) is 3.01. The molecule has 1 heterocycles. The Morgan fingerprint density at radius 2 is 1.79 bits per heavy atom. The molecule has 1 saturated heterocycles. The fraction of sp³-hybridized carbons (Fsp3) is 1.00. The predicted octanol–water partition coefficient (Wildman–Crippen LogP) is 1.85. The van der Waals surface area contributed by atoms with Crippen LogP contribution in [0.2, 0.25) is 0 Å². The average Bonchev–Trinajstić information content (AvgIpc) is 2.67. The number of hydrogen-bond donors (Lipinski definition) is 1. The molecule has 2 fully saturated rings. The minimum absolute atomic E-state index is 0.790. The molecule has 2 N–H and O–H groups in total. The molecular weight excluding hydrogens is 172 g/mol. The minimum atomic E-state index is 0.790. The van der Waals surface area contributed by atoms with E-state index in [1.54, 1.807) is 0 Å². The van der Waals surface area contributed by atoms with Crippen molar-refractivity contribution >= 4 is 0 Å². The van der Waals surface area contributed by atoms with Crippen molar-refractivity contribution < 1.29 is 0 Å². The van der Waals surface area contributed by atoms with Crippen LogP contribution in [0.1, 0.15) is 38.5 Å². The molecule has 14 heavy (non-hydrogen) atoms. The maximum atomic E-state index is 5.70. The summed E-state index contributed by atoms with van der Waals surface area (Å²) in [5, 5.41) is 0. The smallest absolute Gasteiger partial charge is 0.00223 e. The van der Waals surface area contributed by atoms with Crippen molar-refractivity contribution in [1.29, 1.82) is 0 Å². The summed E-state index contributed by atoms with van der Waals surface area (Å²) in [4.78, 5) is 2.65. The van der Waals surface area contributed by atoms with Crippen molar-refractivity contribution in [3.05, 3.63) is 0 Å². The lowest BCUT2D eigenvalue weighted by molar-refractivity contribution is 0.228. The Morgan fingerprint density at radius 1 is 1.00 bits per heavy atom. The summed E-state index contributed by atoms with van der Waals surface area (Å²) in [5.74, 6) is 1.79. The molecule has 1 aliphatic heterocycles. The van der Waals surface area contributed by atoms with Crippen LogP contribution >= 0.6 is 0 Å². The van der Waals surface area contributed by atoms with Crippen LogP contribution in [0.3, 0.4) is 0 Å². The molecule has 0 bridgehead atoms. The Labute approximate surface area is 87.8 Å². The Balaban J connectivity index is 1.69. The van der Waals surface area contributed by atoms with Crippen LogP contribution in [-0.4, -0.2) is 31.1 Å². The van der Waals surface area contributed by atoms with E-state index in [4.69, 9.17) is 5.73 Å². The quantitative estimate of drug-likeness (QED) is 0.746. The molecule has 0 spiro atoms. The molecule has 0 radical (unpaired) electrons. The summed E-state index contributed by atoms with van der Waals surface area (Å²) in [6, 6.07) is 0. The van der Waals surface area contributed by atoms with Gasteiger partial charge < -0.3 is 10.6 Å². The highest BCUT2D eigenvalue weighted by molar-refractivity contribution is 4.79. The van der Waals surface area contributed by atoms with Gasteiger partial charge in [-0.05, 0) is 44.2 Å². The third kappa shape index (κ3) is 2.71. The van der Waals surface area contributed by atoms with Crippen LogP contribution < -0.4 is 5.73 Å². The number of likely N-dealkylation sites (tertiary alicyclic amines) is 1. The van der Waals surface area contributed by atoms with Crippen LogP contribution in [0.15, 0.2) is 0 Å². The van der Waals surface area contributed by atoms with Gasteiger partial charge in [-0.2, -0.15) is 0 Å². The highest BCUT2D eigenvalue weighted by Crippen LogP contribution is 2.26. The van der Waals surface area contributed by atoms with E-state index in [9.17, 15) is 0 Å². The highest BCUT2D eigenvalue weighted by atomic mass is 15.1. The Hall–Kier alpha value is -0.0800. The zero-order chi connectivity index (χ0) is 9.80. The molecule has 0 amide bonds. The number of hydrogen-bond acceptors (Lipinski definition) is 2.